The summed E-state index contributed by atoms with van der Waals surface area (Å²) in [5.41, 5.74) is 7.93. The lowest BCUT2D eigenvalue weighted by Crippen LogP contribution is -2.44. The van der Waals surface area contributed by atoms with Gasteiger partial charge in [-0.15, -0.1) is 0 Å². The van der Waals surface area contributed by atoms with E-state index in [9.17, 15) is 0 Å². The smallest absolute Gasteiger partial charge is 0.0437 e. The van der Waals surface area contributed by atoms with Crippen LogP contribution >= 0.6 is 0 Å². The molecule has 0 saturated heterocycles. The Morgan fingerprint density at radius 1 is 1.21 bits per heavy atom. The zero-order valence-corrected chi connectivity index (χ0v) is 12.1. The molecule has 19 heavy (non-hydrogen) atoms. The van der Waals surface area contributed by atoms with E-state index in [0.29, 0.717) is 0 Å². The average molecular weight is 258 g/mol. The van der Waals surface area contributed by atoms with E-state index < -0.39 is 0 Å². The van der Waals surface area contributed by atoms with Gasteiger partial charge in [0.25, 0.3) is 0 Å². The highest BCUT2D eigenvalue weighted by Gasteiger charge is 2.20. The molecule has 4 nitrogen and oxygen atoms in total. The summed E-state index contributed by atoms with van der Waals surface area (Å²) in [6, 6.07) is 5.91. The van der Waals surface area contributed by atoms with E-state index >= 15 is 0 Å². The standard InChI is InChI=1S/C15H22N4/c1-15(2,19(3)4)10-18-14-6-5-13(16)11-7-8-17-9-12(11)14/h5-9,18H,10,16H2,1-4H3. The van der Waals surface area contributed by atoms with Crippen LogP contribution in [0.25, 0.3) is 10.8 Å². The minimum absolute atomic E-state index is 0.0793. The van der Waals surface area contributed by atoms with Crippen molar-refractivity contribution in [3.05, 3.63) is 30.6 Å². The Kier molecular flexibility index (Phi) is 3.62. The van der Waals surface area contributed by atoms with Gasteiger partial charge < -0.3 is 16.0 Å². The van der Waals surface area contributed by atoms with Crippen LogP contribution in [0, 0.1) is 0 Å². The Hall–Kier alpha value is -1.81. The lowest BCUT2D eigenvalue weighted by atomic mass is 10.0. The zero-order valence-electron chi connectivity index (χ0n) is 12.1. The molecule has 4 heteroatoms. The van der Waals surface area contributed by atoms with E-state index in [1.807, 2.05) is 24.4 Å². The fourth-order valence-corrected chi connectivity index (χ4v) is 1.84. The summed E-state index contributed by atoms with van der Waals surface area (Å²) in [5, 5.41) is 5.61. The van der Waals surface area contributed by atoms with Crippen molar-refractivity contribution < 1.29 is 0 Å². The number of fused-ring (bicyclic) bond motifs is 1. The van der Waals surface area contributed by atoms with Gasteiger partial charge in [0, 0.05) is 46.6 Å². The molecule has 0 unspecified atom stereocenters. The van der Waals surface area contributed by atoms with Crippen molar-refractivity contribution in [3.63, 3.8) is 0 Å². The minimum Gasteiger partial charge on any atom is -0.398 e. The van der Waals surface area contributed by atoms with Gasteiger partial charge in [-0.3, -0.25) is 4.98 Å². The number of hydrogen-bond acceptors (Lipinski definition) is 4. The number of nitrogens with two attached hydrogens (primary N) is 1. The Morgan fingerprint density at radius 2 is 1.95 bits per heavy atom. The number of rotatable bonds is 4. The Balaban J connectivity index is 2.29. The SMILES string of the molecule is CN(C)C(C)(C)CNc1ccc(N)c2ccncc12. The van der Waals surface area contributed by atoms with Gasteiger partial charge in [0.15, 0.2) is 0 Å². The molecule has 0 fully saturated rings. The third kappa shape index (κ3) is 2.79. The van der Waals surface area contributed by atoms with Crippen LogP contribution < -0.4 is 11.1 Å². The van der Waals surface area contributed by atoms with Gasteiger partial charge in [-0.25, -0.2) is 0 Å². The molecule has 2 aromatic rings. The molecule has 0 aliphatic rings. The second-order valence-electron chi connectivity index (χ2n) is 5.68. The maximum Gasteiger partial charge on any atom is 0.0437 e. The summed E-state index contributed by atoms with van der Waals surface area (Å²) in [7, 11) is 4.18. The number of nitrogens with zero attached hydrogens (tertiary/aromatic N) is 2. The summed E-state index contributed by atoms with van der Waals surface area (Å²) in [6.45, 7) is 5.27. The molecular weight excluding hydrogens is 236 g/mol. The summed E-state index contributed by atoms with van der Waals surface area (Å²) < 4.78 is 0. The Morgan fingerprint density at radius 3 is 2.63 bits per heavy atom. The fraction of sp³-hybridized carbons (Fsp3) is 0.400. The minimum atomic E-state index is 0.0793. The lowest BCUT2D eigenvalue weighted by Gasteiger charge is -2.33. The van der Waals surface area contributed by atoms with E-state index in [-0.39, 0.29) is 5.54 Å². The van der Waals surface area contributed by atoms with Crippen LogP contribution in [-0.2, 0) is 0 Å². The number of aromatic nitrogens is 1. The van der Waals surface area contributed by atoms with E-state index in [0.717, 1.165) is 28.7 Å². The molecule has 0 amide bonds. The van der Waals surface area contributed by atoms with Crippen molar-refractivity contribution in [2.24, 2.45) is 0 Å². The molecular formula is C15H22N4. The van der Waals surface area contributed by atoms with Crippen LogP contribution in [0.5, 0.6) is 0 Å². The van der Waals surface area contributed by atoms with E-state index in [4.69, 9.17) is 5.73 Å². The largest absolute Gasteiger partial charge is 0.398 e. The molecule has 102 valence electrons. The predicted octanol–water partition coefficient (Wildman–Crippen LogP) is 2.57. The zero-order chi connectivity index (χ0) is 14.0. The van der Waals surface area contributed by atoms with Crippen molar-refractivity contribution in [1.29, 1.82) is 0 Å². The first-order valence-corrected chi connectivity index (χ1v) is 6.45. The maximum absolute atomic E-state index is 5.99. The lowest BCUT2D eigenvalue weighted by molar-refractivity contribution is 0.210. The molecule has 1 aromatic carbocycles. The molecule has 2 rings (SSSR count). The molecule has 0 radical (unpaired) electrons. The van der Waals surface area contributed by atoms with Gasteiger partial charge in [-0.2, -0.15) is 0 Å². The number of hydrogen-bond donors (Lipinski definition) is 2. The molecule has 1 aromatic heterocycles. The highest BCUT2D eigenvalue weighted by molar-refractivity contribution is 6.00. The van der Waals surface area contributed by atoms with Crippen LogP contribution in [-0.4, -0.2) is 36.1 Å². The van der Waals surface area contributed by atoms with Crippen LogP contribution in [0.4, 0.5) is 11.4 Å². The fourth-order valence-electron chi connectivity index (χ4n) is 1.84. The molecule has 0 aliphatic carbocycles. The normalized spacial score (nSPS) is 12.1. The van der Waals surface area contributed by atoms with Crippen molar-refractivity contribution in [3.8, 4) is 0 Å². The van der Waals surface area contributed by atoms with Crippen molar-refractivity contribution >= 4 is 22.1 Å². The number of pyridine rings is 1. The van der Waals surface area contributed by atoms with E-state index in [1.165, 1.54) is 0 Å². The summed E-state index contributed by atoms with van der Waals surface area (Å²) >= 11 is 0. The second kappa shape index (κ2) is 5.05. The summed E-state index contributed by atoms with van der Waals surface area (Å²) in [6.07, 6.45) is 3.63. The number of benzene rings is 1. The number of anilines is 2. The predicted molar refractivity (Wildman–Crippen MR) is 82.4 cm³/mol. The molecule has 3 N–H and O–H groups in total. The monoisotopic (exact) mass is 258 g/mol. The third-order valence-electron chi connectivity index (χ3n) is 3.77. The van der Waals surface area contributed by atoms with Crippen molar-refractivity contribution in [2.75, 3.05) is 31.7 Å². The van der Waals surface area contributed by atoms with Crippen LogP contribution in [0.1, 0.15) is 13.8 Å². The number of nitrogen functional groups attached to an aromatic ring is 1. The van der Waals surface area contributed by atoms with Gasteiger partial charge in [-0.05, 0) is 46.1 Å². The first-order valence-electron chi connectivity index (χ1n) is 6.45. The van der Waals surface area contributed by atoms with Crippen LogP contribution in [0.3, 0.4) is 0 Å². The van der Waals surface area contributed by atoms with Crippen molar-refractivity contribution in [2.45, 2.75) is 19.4 Å². The maximum atomic E-state index is 5.99. The van der Waals surface area contributed by atoms with Gasteiger partial charge in [0.1, 0.15) is 0 Å². The van der Waals surface area contributed by atoms with Gasteiger partial charge in [-0.1, -0.05) is 0 Å². The summed E-state index contributed by atoms with van der Waals surface area (Å²) in [4.78, 5) is 6.39. The third-order valence-corrected chi connectivity index (χ3v) is 3.77. The quantitative estimate of drug-likeness (QED) is 0.828. The second-order valence-corrected chi connectivity index (χ2v) is 5.68. The van der Waals surface area contributed by atoms with Gasteiger partial charge in [0.05, 0.1) is 0 Å². The Bertz CT molecular complexity index is 575. The molecule has 1 heterocycles. The topological polar surface area (TPSA) is 54.2 Å². The van der Waals surface area contributed by atoms with Crippen LogP contribution in [0.2, 0.25) is 0 Å². The van der Waals surface area contributed by atoms with Gasteiger partial charge in [0.2, 0.25) is 0 Å². The van der Waals surface area contributed by atoms with E-state index in [2.05, 4.69) is 43.1 Å². The first-order chi connectivity index (χ1) is 8.92. The highest BCUT2D eigenvalue weighted by atomic mass is 15.2. The Labute approximate surface area is 114 Å². The molecule has 0 saturated carbocycles. The molecule has 0 aliphatic heterocycles. The number of nitrogens with one attached hydrogen (secondary N) is 1. The van der Waals surface area contributed by atoms with E-state index in [1.54, 1.807) is 6.20 Å². The number of likely N-dealkylation sites (N-methyl/N-ethyl adjacent to an activating group) is 1. The molecule has 0 bridgehead atoms. The average Bonchev–Trinajstić information content (AvgIpc) is 2.38. The molecule has 0 spiro atoms. The summed E-state index contributed by atoms with van der Waals surface area (Å²) in [5.74, 6) is 0. The first kappa shape index (κ1) is 13.6. The molecule has 0 atom stereocenters. The highest BCUT2D eigenvalue weighted by Crippen LogP contribution is 2.27. The van der Waals surface area contributed by atoms with Crippen LogP contribution in [0.15, 0.2) is 30.6 Å². The van der Waals surface area contributed by atoms with Gasteiger partial charge >= 0.3 is 0 Å². The van der Waals surface area contributed by atoms with Crippen molar-refractivity contribution in [1.82, 2.24) is 9.88 Å².